The molecule has 0 aromatic carbocycles. The molecule has 4 heteroatoms. The summed E-state index contributed by atoms with van der Waals surface area (Å²) < 4.78 is 10.1. The van der Waals surface area contributed by atoms with Gasteiger partial charge < -0.3 is 0 Å². The van der Waals surface area contributed by atoms with E-state index in [1.807, 2.05) is 0 Å². The number of aromatic nitrogens is 2. The normalized spacial score (nSPS) is 7.33. The first kappa shape index (κ1) is 8.30. The SMILES string of the molecule is FCCl.c1cncnc1. The van der Waals surface area contributed by atoms with E-state index in [9.17, 15) is 4.39 Å². The first-order valence-corrected chi connectivity index (χ1v) is 2.77. The van der Waals surface area contributed by atoms with Crippen LogP contribution in [0.3, 0.4) is 0 Å². The maximum absolute atomic E-state index is 10.1. The third-order valence-corrected chi connectivity index (χ3v) is 0.478. The molecule has 0 spiro atoms. The second-order valence-corrected chi connectivity index (χ2v) is 1.21. The lowest BCUT2D eigenvalue weighted by Gasteiger charge is -1.70. The summed E-state index contributed by atoms with van der Waals surface area (Å²) in [7, 11) is 0. The van der Waals surface area contributed by atoms with Gasteiger partial charge in [0.25, 0.3) is 0 Å². The highest BCUT2D eigenvalue weighted by atomic mass is 35.5. The van der Waals surface area contributed by atoms with E-state index in [0.29, 0.717) is 0 Å². The average molecular weight is 149 g/mol. The van der Waals surface area contributed by atoms with Crippen LogP contribution in [0.15, 0.2) is 24.8 Å². The third kappa shape index (κ3) is 7.30. The molecule has 0 saturated carbocycles. The van der Waals surface area contributed by atoms with Gasteiger partial charge in [-0.2, -0.15) is 0 Å². The van der Waals surface area contributed by atoms with Gasteiger partial charge in [0.05, 0.1) is 0 Å². The van der Waals surface area contributed by atoms with Crippen molar-refractivity contribution < 1.29 is 4.39 Å². The second-order valence-electron chi connectivity index (χ2n) is 1.01. The average Bonchev–Trinajstić information content (AvgIpc) is 1.93. The van der Waals surface area contributed by atoms with Crippen LogP contribution < -0.4 is 0 Å². The summed E-state index contributed by atoms with van der Waals surface area (Å²) in [4.78, 5) is 7.35. The Balaban J connectivity index is 0.000000187. The Bertz CT molecular complexity index is 97.8. The minimum absolute atomic E-state index is 0.778. The number of hydrogen-bond donors (Lipinski definition) is 0. The highest BCUT2D eigenvalue weighted by molar-refractivity contribution is 6.16. The molecule has 0 N–H and O–H groups in total. The zero-order valence-corrected chi connectivity index (χ0v) is 5.42. The second kappa shape index (κ2) is 7.30. The van der Waals surface area contributed by atoms with E-state index in [-0.39, 0.29) is 0 Å². The van der Waals surface area contributed by atoms with Gasteiger partial charge in [-0.15, -0.1) is 0 Å². The summed E-state index contributed by atoms with van der Waals surface area (Å²) >= 11 is 4.33. The molecule has 9 heavy (non-hydrogen) atoms. The Morgan fingerprint density at radius 1 is 1.33 bits per heavy atom. The molecule has 0 atom stereocenters. The minimum atomic E-state index is -0.778. The van der Waals surface area contributed by atoms with Crippen molar-refractivity contribution in [3.63, 3.8) is 0 Å². The van der Waals surface area contributed by atoms with Crippen molar-refractivity contribution in [2.75, 3.05) is 6.13 Å². The Hall–Kier alpha value is -0.700. The Morgan fingerprint density at radius 2 is 1.78 bits per heavy atom. The van der Waals surface area contributed by atoms with Gasteiger partial charge in [0.2, 0.25) is 0 Å². The van der Waals surface area contributed by atoms with Gasteiger partial charge in [-0.3, -0.25) is 0 Å². The molecule has 0 fully saturated rings. The standard InChI is InChI=1S/C4H4N2.CH2ClF/c1-2-5-4-6-3-1;2-1-3/h1-4H;1H2. The van der Waals surface area contributed by atoms with E-state index < -0.39 is 6.13 Å². The first-order chi connectivity index (χ1) is 4.41. The molecule has 1 aromatic heterocycles. The molecule has 2 nitrogen and oxygen atoms in total. The molecule has 50 valence electrons. The summed E-state index contributed by atoms with van der Waals surface area (Å²) in [5, 5.41) is 0. The molecule has 0 radical (unpaired) electrons. The Morgan fingerprint density at radius 3 is 1.89 bits per heavy atom. The summed E-state index contributed by atoms with van der Waals surface area (Å²) in [6.45, 7) is 0. The fourth-order valence-corrected chi connectivity index (χ4v) is 0.253. The number of nitrogens with zero attached hydrogens (tertiary/aromatic N) is 2. The van der Waals surface area contributed by atoms with Crippen LogP contribution in [-0.2, 0) is 0 Å². The van der Waals surface area contributed by atoms with Crippen molar-refractivity contribution in [1.29, 1.82) is 0 Å². The van der Waals surface area contributed by atoms with Crippen molar-refractivity contribution in [3.8, 4) is 0 Å². The molecular weight excluding hydrogens is 143 g/mol. The number of alkyl halides is 2. The van der Waals surface area contributed by atoms with Crippen LogP contribution in [0.2, 0.25) is 0 Å². The number of rotatable bonds is 0. The van der Waals surface area contributed by atoms with E-state index in [1.165, 1.54) is 6.33 Å². The zero-order chi connectivity index (χ0) is 6.95. The minimum Gasteiger partial charge on any atom is -0.245 e. The molecule has 0 bridgehead atoms. The lowest BCUT2D eigenvalue weighted by Crippen LogP contribution is -1.66. The van der Waals surface area contributed by atoms with Gasteiger partial charge in [0, 0.05) is 12.4 Å². The van der Waals surface area contributed by atoms with Crippen LogP contribution in [0.25, 0.3) is 0 Å². The van der Waals surface area contributed by atoms with Crippen LogP contribution in [0, 0.1) is 0 Å². The van der Waals surface area contributed by atoms with Gasteiger partial charge in [-0.1, -0.05) is 11.6 Å². The predicted molar refractivity (Wildman–Crippen MR) is 33.9 cm³/mol. The maximum Gasteiger partial charge on any atom is 0.163 e. The lowest BCUT2D eigenvalue weighted by molar-refractivity contribution is 0.599. The monoisotopic (exact) mass is 148 g/mol. The highest BCUT2D eigenvalue weighted by Gasteiger charge is 1.59. The van der Waals surface area contributed by atoms with E-state index in [0.717, 1.165) is 0 Å². The lowest BCUT2D eigenvalue weighted by atomic mass is 10.7. The molecule has 0 saturated heterocycles. The quantitative estimate of drug-likeness (QED) is 0.523. The summed E-state index contributed by atoms with van der Waals surface area (Å²) in [6, 6.07) is 1.78. The topological polar surface area (TPSA) is 25.8 Å². The van der Waals surface area contributed by atoms with Gasteiger partial charge >= 0.3 is 0 Å². The molecular formula is C5H6ClFN2. The number of hydrogen-bond acceptors (Lipinski definition) is 2. The Kier molecular flexibility index (Phi) is 6.73. The van der Waals surface area contributed by atoms with Crippen LogP contribution in [0.1, 0.15) is 0 Å². The summed E-state index contributed by atoms with van der Waals surface area (Å²) in [5.41, 5.74) is 0. The van der Waals surface area contributed by atoms with Crippen molar-refractivity contribution >= 4 is 11.6 Å². The van der Waals surface area contributed by atoms with E-state index in [2.05, 4.69) is 21.6 Å². The summed E-state index contributed by atoms with van der Waals surface area (Å²) in [6.07, 6.45) is 4.10. The van der Waals surface area contributed by atoms with Crippen LogP contribution in [0.4, 0.5) is 4.39 Å². The van der Waals surface area contributed by atoms with Crippen molar-refractivity contribution in [2.45, 2.75) is 0 Å². The van der Waals surface area contributed by atoms with Gasteiger partial charge in [0.1, 0.15) is 6.33 Å². The van der Waals surface area contributed by atoms with E-state index in [4.69, 9.17) is 0 Å². The molecule has 1 aromatic rings. The molecule has 1 heterocycles. The largest absolute Gasteiger partial charge is 0.245 e. The molecule has 0 amide bonds. The fraction of sp³-hybridized carbons (Fsp3) is 0.200. The zero-order valence-electron chi connectivity index (χ0n) is 4.67. The first-order valence-electron chi connectivity index (χ1n) is 2.23. The van der Waals surface area contributed by atoms with Crippen molar-refractivity contribution in [1.82, 2.24) is 9.97 Å². The molecule has 0 aliphatic rings. The van der Waals surface area contributed by atoms with Gasteiger partial charge in [0.15, 0.2) is 6.13 Å². The molecule has 1 rings (SSSR count). The Labute approximate surface area is 57.7 Å². The summed E-state index contributed by atoms with van der Waals surface area (Å²) in [5.74, 6) is 0. The van der Waals surface area contributed by atoms with Crippen LogP contribution in [-0.4, -0.2) is 16.1 Å². The van der Waals surface area contributed by atoms with E-state index >= 15 is 0 Å². The van der Waals surface area contributed by atoms with Crippen LogP contribution >= 0.6 is 11.6 Å². The van der Waals surface area contributed by atoms with Gasteiger partial charge in [-0.05, 0) is 6.07 Å². The molecule has 0 aliphatic carbocycles. The maximum atomic E-state index is 10.1. The highest BCUT2D eigenvalue weighted by Crippen LogP contribution is 1.66. The molecule has 0 unspecified atom stereocenters. The van der Waals surface area contributed by atoms with Gasteiger partial charge in [-0.25, -0.2) is 14.4 Å². The van der Waals surface area contributed by atoms with Crippen molar-refractivity contribution in [3.05, 3.63) is 24.8 Å². The van der Waals surface area contributed by atoms with Crippen LogP contribution in [0.5, 0.6) is 0 Å². The van der Waals surface area contributed by atoms with Crippen molar-refractivity contribution in [2.24, 2.45) is 0 Å². The fourth-order valence-electron chi connectivity index (χ4n) is 0.253. The third-order valence-electron chi connectivity index (χ3n) is 0.478. The number of halogens is 2. The smallest absolute Gasteiger partial charge is 0.163 e. The predicted octanol–water partition coefficient (Wildman–Crippen LogP) is 1.63. The van der Waals surface area contributed by atoms with E-state index in [1.54, 1.807) is 18.5 Å². The molecule has 0 aliphatic heterocycles.